The Labute approximate surface area is 119 Å². The van der Waals surface area contributed by atoms with Gasteiger partial charge >= 0.3 is 5.97 Å². The highest BCUT2D eigenvalue weighted by Gasteiger charge is 2.28. The Morgan fingerprint density at radius 3 is 2.61 bits per heavy atom. The first-order valence-electron chi connectivity index (χ1n) is 5.32. The lowest BCUT2D eigenvalue weighted by Crippen LogP contribution is -2.36. The summed E-state index contributed by atoms with van der Waals surface area (Å²) in [4.78, 5) is 11.4. The molecule has 5 nitrogen and oxygen atoms in total. The van der Waals surface area contributed by atoms with Crippen molar-refractivity contribution in [3.05, 3.63) is 15.9 Å². The number of rotatable bonds is 6. The van der Waals surface area contributed by atoms with Crippen LogP contribution in [0.25, 0.3) is 0 Å². The minimum atomic E-state index is -3.65. The summed E-state index contributed by atoms with van der Waals surface area (Å²) in [5, 5.41) is 1.68. The summed E-state index contributed by atoms with van der Waals surface area (Å²) in [6.45, 7) is 3.54. The van der Waals surface area contributed by atoms with Crippen LogP contribution in [0.4, 0.5) is 0 Å². The van der Waals surface area contributed by atoms with Gasteiger partial charge in [-0.05, 0) is 34.3 Å². The average Bonchev–Trinajstić information content (AvgIpc) is 2.73. The van der Waals surface area contributed by atoms with Gasteiger partial charge in [0, 0.05) is 11.0 Å². The van der Waals surface area contributed by atoms with E-state index in [0.29, 0.717) is 4.47 Å². The van der Waals surface area contributed by atoms with Gasteiger partial charge in [0.25, 0.3) is 10.0 Å². The first-order chi connectivity index (χ1) is 8.43. The van der Waals surface area contributed by atoms with Crippen LogP contribution in [0, 0.1) is 0 Å². The predicted molar refractivity (Wildman–Crippen MR) is 73.1 cm³/mol. The largest absolute Gasteiger partial charge is 0.465 e. The number of halogens is 1. The van der Waals surface area contributed by atoms with E-state index in [0.717, 1.165) is 15.6 Å². The van der Waals surface area contributed by atoms with Crippen LogP contribution in [-0.2, 0) is 19.6 Å². The van der Waals surface area contributed by atoms with Crippen molar-refractivity contribution in [1.82, 2.24) is 4.31 Å². The maximum atomic E-state index is 12.3. The van der Waals surface area contributed by atoms with Crippen LogP contribution in [-0.4, -0.2) is 38.4 Å². The second kappa shape index (κ2) is 6.65. The highest BCUT2D eigenvalue weighted by molar-refractivity contribution is 9.10. The van der Waals surface area contributed by atoms with Crippen LogP contribution in [0.2, 0.25) is 0 Å². The Hall–Kier alpha value is -0.440. The standard InChI is InChI=1S/C10H14BrNO4S2/c1-3-12(7-9(13)16-4-2)18(14,15)10-8(11)5-6-17-10/h5-6H,3-4,7H2,1-2H3. The van der Waals surface area contributed by atoms with Gasteiger partial charge < -0.3 is 4.74 Å². The first-order valence-corrected chi connectivity index (χ1v) is 8.43. The third-order valence-electron chi connectivity index (χ3n) is 2.12. The molecule has 0 saturated carbocycles. The zero-order valence-corrected chi connectivity index (χ0v) is 13.3. The molecule has 0 aliphatic heterocycles. The fraction of sp³-hybridized carbons (Fsp3) is 0.500. The molecule has 0 bridgehead atoms. The Kier molecular flexibility index (Phi) is 5.77. The van der Waals surface area contributed by atoms with E-state index in [1.54, 1.807) is 25.3 Å². The number of thiophene rings is 1. The van der Waals surface area contributed by atoms with Crippen molar-refractivity contribution in [3.63, 3.8) is 0 Å². The molecule has 1 aromatic heterocycles. The number of likely N-dealkylation sites (N-methyl/N-ethyl adjacent to an activating group) is 1. The van der Waals surface area contributed by atoms with Gasteiger partial charge in [-0.1, -0.05) is 6.92 Å². The number of hydrogen-bond acceptors (Lipinski definition) is 5. The maximum Gasteiger partial charge on any atom is 0.321 e. The molecule has 0 N–H and O–H groups in total. The highest BCUT2D eigenvalue weighted by atomic mass is 79.9. The number of sulfonamides is 1. The lowest BCUT2D eigenvalue weighted by atomic mass is 10.6. The van der Waals surface area contributed by atoms with Gasteiger partial charge in [0.2, 0.25) is 0 Å². The molecule has 1 rings (SSSR count). The molecule has 1 aromatic rings. The third kappa shape index (κ3) is 3.53. The van der Waals surface area contributed by atoms with Crippen LogP contribution in [0.3, 0.4) is 0 Å². The quantitative estimate of drug-likeness (QED) is 0.732. The van der Waals surface area contributed by atoms with E-state index >= 15 is 0 Å². The Balaban J connectivity index is 2.95. The summed E-state index contributed by atoms with van der Waals surface area (Å²) in [6.07, 6.45) is 0. The predicted octanol–water partition coefficient (Wildman–Crippen LogP) is 2.08. The zero-order valence-electron chi connectivity index (χ0n) is 10.1. The van der Waals surface area contributed by atoms with Gasteiger partial charge in [0.1, 0.15) is 10.8 Å². The van der Waals surface area contributed by atoms with Crippen molar-refractivity contribution in [2.75, 3.05) is 19.7 Å². The SMILES string of the molecule is CCOC(=O)CN(CC)S(=O)(=O)c1sccc1Br. The number of ether oxygens (including phenoxy) is 1. The number of nitrogens with zero attached hydrogens (tertiary/aromatic N) is 1. The summed E-state index contributed by atoms with van der Waals surface area (Å²) >= 11 is 4.30. The van der Waals surface area contributed by atoms with Crippen LogP contribution >= 0.6 is 27.3 Å². The van der Waals surface area contributed by atoms with Crippen molar-refractivity contribution in [2.24, 2.45) is 0 Å². The molecule has 0 saturated heterocycles. The van der Waals surface area contributed by atoms with Gasteiger partial charge in [-0.25, -0.2) is 8.42 Å². The first kappa shape index (κ1) is 15.6. The van der Waals surface area contributed by atoms with Crippen molar-refractivity contribution in [1.29, 1.82) is 0 Å². The summed E-state index contributed by atoms with van der Waals surface area (Å²) in [7, 11) is -3.65. The molecular weight excluding hydrogens is 342 g/mol. The molecule has 0 spiro atoms. The number of carbonyl (C=O) groups is 1. The van der Waals surface area contributed by atoms with E-state index in [4.69, 9.17) is 4.74 Å². The fourth-order valence-corrected chi connectivity index (χ4v) is 5.14. The monoisotopic (exact) mass is 355 g/mol. The Bertz CT molecular complexity index is 512. The van der Waals surface area contributed by atoms with E-state index in [1.807, 2.05) is 0 Å². The van der Waals surface area contributed by atoms with Crippen molar-refractivity contribution >= 4 is 43.3 Å². The summed E-state index contributed by atoms with van der Waals surface area (Å²) < 4.78 is 31.1. The molecule has 102 valence electrons. The molecule has 18 heavy (non-hydrogen) atoms. The molecule has 1 heterocycles. The zero-order chi connectivity index (χ0) is 13.8. The van der Waals surface area contributed by atoms with Crippen LogP contribution < -0.4 is 0 Å². The van der Waals surface area contributed by atoms with Gasteiger partial charge in [0.05, 0.1) is 6.61 Å². The Morgan fingerprint density at radius 2 is 2.17 bits per heavy atom. The topological polar surface area (TPSA) is 63.7 Å². The minimum absolute atomic E-state index is 0.202. The molecule has 0 radical (unpaired) electrons. The van der Waals surface area contributed by atoms with Gasteiger partial charge in [-0.2, -0.15) is 4.31 Å². The van der Waals surface area contributed by atoms with Crippen LogP contribution in [0.1, 0.15) is 13.8 Å². The average molecular weight is 356 g/mol. The van der Waals surface area contributed by atoms with Gasteiger partial charge in [-0.3, -0.25) is 4.79 Å². The van der Waals surface area contributed by atoms with Crippen LogP contribution in [0.5, 0.6) is 0 Å². The number of carbonyl (C=O) groups excluding carboxylic acids is 1. The lowest BCUT2D eigenvalue weighted by molar-refractivity contribution is -0.143. The summed E-state index contributed by atoms with van der Waals surface area (Å²) in [6, 6.07) is 1.66. The summed E-state index contributed by atoms with van der Waals surface area (Å²) in [5.74, 6) is -0.546. The maximum absolute atomic E-state index is 12.3. The summed E-state index contributed by atoms with van der Waals surface area (Å²) in [5.41, 5.74) is 0. The van der Waals surface area contributed by atoms with E-state index in [9.17, 15) is 13.2 Å². The molecule has 0 aliphatic rings. The molecular formula is C10H14BrNO4S2. The van der Waals surface area contributed by atoms with Crippen molar-refractivity contribution < 1.29 is 17.9 Å². The smallest absolute Gasteiger partial charge is 0.321 e. The second-order valence-corrected chi connectivity index (χ2v) is 7.20. The molecule has 8 heteroatoms. The second-order valence-electron chi connectivity index (χ2n) is 3.29. The van der Waals surface area contributed by atoms with Gasteiger partial charge in [0.15, 0.2) is 0 Å². The third-order valence-corrected chi connectivity index (χ3v) is 6.69. The fourth-order valence-electron chi connectivity index (χ4n) is 1.30. The van der Waals surface area contributed by atoms with E-state index in [1.165, 1.54) is 0 Å². The molecule has 0 fully saturated rings. The highest BCUT2D eigenvalue weighted by Crippen LogP contribution is 2.30. The normalized spacial score (nSPS) is 11.8. The van der Waals surface area contributed by atoms with E-state index in [2.05, 4.69) is 15.9 Å². The van der Waals surface area contributed by atoms with Gasteiger partial charge in [-0.15, -0.1) is 11.3 Å². The van der Waals surface area contributed by atoms with E-state index < -0.39 is 16.0 Å². The molecule has 0 atom stereocenters. The molecule has 0 aromatic carbocycles. The lowest BCUT2D eigenvalue weighted by Gasteiger charge is -2.18. The Morgan fingerprint density at radius 1 is 1.50 bits per heavy atom. The van der Waals surface area contributed by atoms with Crippen LogP contribution in [0.15, 0.2) is 20.1 Å². The van der Waals surface area contributed by atoms with E-state index in [-0.39, 0.29) is 23.9 Å². The number of esters is 1. The number of hydrogen-bond donors (Lipinski definition) is 0. The van der Waals surface area contributed by atoms with Crippen molar-refractivity contribution in [3.8, 4) is 0 Å². The minimum Gasteiger partial charge on any atom is -0.465 e. The molecule has 0 amide bonds. The molecule has 0 aliphatic carbocycles. The van der Waals surface area contributed by atoms with Crippen molar-refractivity contribution in [2.45, 2.75) is 18.1 Å². The molecule has 0 unspecified atom stereocenters.